The van der Waals surface area contributed by atoms with Crippen LogP contribution in [0.2, 0.25) is 0 Å². The molecule has 1 aliphatic rings. The van der Waals surface area contributed by atoms with Gasteiger partial charge in [0.2, 0.25) is 11.9 Å². The largest absolute Gasteiger partial charge is 0.443 e. The van der Waals surface area contributed by atoms with Gasteiger partial charge in [0.15, 0.2) is 0 Å². The van der Waals surface area contributed by atoms with Gasteiger partial charge in [0, 0.05) is 26.2 Å². The lowest BCUT2D eigenvalue weighted by atomic mass is 9.97. The number of nitrogens with zero attached hydrogens (tertiary/aromatic N) is 4. The Morgan fingerprint density at radius 3 is 2.54 bits per heavy atom. The predicted molar refractivity (Wildman–Crippen MR) is 102 cm³/mol. The zero-order valence-electron chi connectivity index (χ0n) is 16.1. The van der Waals surface area contributed by atoms with E-state index in [1.807, 2.05) is 7.85 Å². The second-order valence-corrected chi connectivity index (χ2v) is 7.46. The van der Waals surface area contributed by atoms with Crippen molar-refractivity contribution in [3.63, 3.8) is 0 Å². The SMILES string of the molecule is Bc1cnc(N)nc1N(NC(=O)OC(C)(C)C)C1CCN(C(C)=O)CC1. The van der Waals surface area contributed by atoms with E-state index in [4.69, 9.17) is 10.5 Å². The third-order valence-corrected chi connectivity index (χ3v) is 4.08. The lowest BCUT2D eigenvalue weighted by Gasteiger charge is -2.39. The molecule has 0 radical (unpaired) electrons. The standard InChI is InChI=1S/C16H27BN6O3/c1-10(24)22-7-5-11(6-8-22)23(21-15(25)26-16(2,3)4)13-12(17)9-19-14(18)20-13/h9,11H,5-8,17H2,1-4H3,(H,21,25)(H2,18,19,20). The molecule has 0 spiro atoms. The van der Waals surface area contributed by atoms with Gasteiger partial charge < -0.3 is 15.4 Å². The first-order chi connectivity index (χ1) is 12.1. The van der Waals surface area contributed by atoms with Gasteiger partial charge in [-0.25, -0.2) is 15.2 Å². The number of aromatic nitrogens is 2. The summed E-state index contributed by atoms with van der Waals surface area (Å²) in [6, 6.07) is -0.0360. The van der Waals surface area contributed by atoms with Crippen LogP contribution in [0.3, 0.4) is 0 Å². The number of ether oxygens (including phenoxy) is 1. The topological polar surface area (TPSA) is 114 Å². The molecule has 0 aliphatic carbocycles. The van der Waals surface area contributed by atoms with E-state index in [2.05, 4.69) is 15.4 Å². The highest BCUT2D eigenvalue weighted by atomic mass is 16.6. The molecule has 2 rings (SSSR count). The quantitative estimate of drug-likeness (QED) is 0.554. The fraction of sp³-hybridized carbons (Fsp3) is 0.625. The zero-order valence-corrected chi connectivity index (χ0v) is 16.1. The monoisotopic (exact) mass is 362 g/mol. The number of anilines is 2. The maximum Gasteiger partial charge on any atom is 0.426 e. The molecule has 1 aromatic heterocycles. The molecule has 9 nitrogen and oxygen atoms in total. The Kier molecular flexibility index (Phi) is 5.94. The van der Waals surface area contributed by atoms with Crippen molar-refractivity contribution in [3.05, 3.63) is 6.20 Å². The summed E-state index contributed by atoms with van der Waals surface area (Å²) in [6.45, 7) is 8.20. The minimum atomic E-state index is -0.618. The Labute approximate surface area is 154 Å². The van der Waals surface area contributed by atoms with Crippen molar-refractivity contribution in [2.24, 2.45) is 0 Å². The number of nitrogens with one attached hydrogen (secondary N) is 1. The van der Waals surface area contributed by atoms with E-state index in [0.717, 1.165) is 5.46 Å². The highest BCUT2D eigenvalue weighted by Gasteiger charge is 2.30. The average molecular weight is 362 g/mol. The van der Waals surface area contributed by atoms with Crippen LogP contribution in [0.25, 0.3) is 0 Å². The number of hydrogen-bond acceptors (Lipinski definition) is 7. The first kappa shape index (κ1) is 19.8. The first-order valence-corrected chi connectivity index (χ1v) is 8.70. The molecule has 0 aromatic carbocycles. The summed E-state index contributed by atoms with van der Waals surface area (Å²) >= 11 is 0. The van der Waals surface area contributed by atoms with Gasteiger partial charge in [-0.2, -0.15) is 4.98 Å². The average Bonchev–Trinajstić information content (AvgIpc) is 2.53. The number of amides is 2. The lowest BCUT2D eigenvalue weighted by molar-refractivity contribution is -0.129. The van der Waals surface area contributed by atoms with Crippen LogP contribution in [0.4, 0.5) is 16.6 Å². The number of likely N-dealkylation sites (tertiary alicyclic amines) is 1. The van der Waals surface area contributed by atoms with E-state index in [1.54, 1.807) is 43.8 Å². The van der Waals surface area contributed by atoms with Gasteiger partial charge in [-0.3, -0.25) is 9.80 Å². The number of hydrazine groups is 1. The molecule has 0 atom stereocenters. The molecule has 1 saturated heterocycles. The van der Waals surface area contributed by atoms with Gasteiger partial charge in [0.05, 0.1) is 6.04 Å². The smallest absolute Gasteiger partial charge is 0.426 e. The second kappa shape index (κ2) is 7.80. The Morgan fingerprint density at radius 1 is 1.38 bits per heavy atom. The Bertz CT molecular complexity index is 670. The Morgan fingerprint density at radius 2 is 2.00 bits per heavy atom. The molecule has 142 valence electrons. The van der Waals surface area contributed by atoms with E-state index in [0.29, 0.717) is 31.7 Å². The molecular weight excluding hydrogens is 335 g/mol. The van der Waals surface area contributed by atoms with Crippen molar-refractivity contribution in [2.75, 3.05) is 23.8 Å². The number of rotatable bonds is 3. The lowest BCUT2D eigenvalue weighted by Crippen LogP contribution is -2.55. The van der Waals surface area contributed by atoms with Crippen LogP contribution < -0.4 is 21.6 Å². The van der Waals surface area contributed by atoms with Crippen molar-refractivity contribution >= 4 is 37.1 Å². The number of carbonyl (C=O) groups is 2. The molecule has 10 heteroatoms. The number of carbonyl (C=O) groups excluding carboxylic acids is 2. The third kappa shape index (κ3) is 5.24. The zero-order chi connectivity index (χ0) is 19.5. The fourth-order valence-electron chi connectivity index (χ4n) is 2.85. The Hall–Kier alpha value is -2.52. The molecule has 0 bridgehead atoms. The maximum atomic E-state index is 12.3. The number of hydrogen-bond donors (Lipinski definition) is 2. The van der Waals surface area contributed by atoms with Crippen LogP contribution in [0, 0.1) is 0 Å². The first-order valence-electron chi connectivity index (χ1n) is 8.70. The van der Waals surface area contributed by atoms with Gasteiger partial charge in [-0.1, -0.05) is 0 Å². The van der Waals surface area contributed by atoms with Crippen LogP contribution in [-0.4, -0.2) is 59.4 Å². The summed E-state index contributed by atoms with van der Waals surface area (Å²) in [4.78, 5) is 34.0. The van der Waals surface area contributed by atoms with E-state index in [1.165, 1.54) is 0 Å². The van der Waals surface area contributed by atoms with Gasteiger partial charge in [0.1, 0.15) is 19.3 Å². The summed E-state index contributed by atoms with van der Waals surface area (Å²) < 4.78 is 5.38. The van der Waals surface area contributed by atoms with E-state index >= 15 is 0 Å². The number of nitrogen functional groups attached to an aromatic ring is 1. The van der Waals surface area contributed by atoms with Crippen molar-refractivity contribution in [1.29, 1.82) is 0 Å². The van der Waals surface area contributed by atoms with Crippen LogP contribution in [-0.2, 0) is 9.53 Å². The summed E-state index contributed by atoms with van der Waals surface area (Å²) in [5.74, 6) is 0.713. The van der Waals surface area contributed by atoms with Crippen molar-refractivity contribution in [2.45, 2.75) is 52.2 Å². The third-order valence-electron chi connectivity index (χ3n) is 4.08. The maximum absolute atomic E-state index is 12.3. The molecular formula is C16H27BN6O3. The molecule has 1 aliphatic heterocycles. The minimum Gasteiger partial charge on any atom is -0.443 e. The summed E-state index contributed by atoms with van der Waals surface area (Å²) in [7, 11) is 1.85. The van der Waals surface area contributed by atoms with Crippen LogP contribution in [0.15, 0.2) is 6.20 Å². The van der Waals surface area contributed by atoms with Gasteiger partial charge >= 0.3 is 6.09 Å². The normalized spacial score (nSPS) is 15.5. The molecule has 26 heavy (non-hydrogen) atoms. The molecule has 3 N–H and O–H groups in total. The van der Waals surface area contributed by atoms with Gasteiger partial charge in [-0.05, 0) is 39.1 Å². The molecule has 0 saturated carbocycles. The summed E-state index contributed by atoms with van der Waals surface area (Å²) in [6.07, 6.45) is 2.44. The Balaban J connectivity index is 2.23. The van der Waals surface area contributed by atoms with Crippen LogP contribution in [0.5, 0.6) is 0 Å². The molecule has 2 amide bonds. The van der Waals surface area contributed by atoms with E-state index in [-0.39, 0.29) is 17.9 Å². The van der Waals surface area contributed by atoms with E-state index < -0.39 is 11.7 Å². The van der Waals surface area contributed by atoms with Crippen molar-refractivity contribution in [3.8, 4) is 0 Å². The summed E-state index contributed by atoms with van der Waals surface area (Å²) in [5.41, 5.74) is 8.70. The van der Waals surface area contributed by atoms with Crippen LogP contribution in [0.1, 0.15) is 40.5 Å². The fourth-order valence-corrected chi connectivity index (χ4v) is 2.85. The predicted octanol–water partition coefficient (Wildman–Crippen LogP) is -0.426. The number of piperidine rings is 1. The van der Waals surface area contributed by atoms with Crippen molar-refractivity contribution in [1.82, 2.24) is 20.3 Å². The highest BCUT2D eigenvalue weighted by Crippen LogP contribution is 2.20. The van der Waals surface area contributed by atoms with E-state index in [9.17, 15) is 9.59 Å². The highest BCUT2D eigenvalue weighted by molar-refractivity contribution is 6.35. The van der Waals surface area contributed by atoms with Gasteiger partial charge in [0.25, 0.3) is 0 Å². The number of nitrogens with two attached hydrogens (primary N) is 1. The molecule has 1 aromatic rings. The molecule has 2 heterocycles. The minimum absolute atomic E-state index is 0.0360. The van der Waals surface area contributed by atoms with Crippen molar-refractivity contribution < 1.29 is 14.3 Å². The molecule has 0 unspecified atom stereocenters. The van der Waals surface area contributed by atoms with Gasteiger partial charge in [-0.15, -0.1) is 0 Å². The second-order valence-electron chi connectivity index (χ2n) is 7.46. The molecule has 1 fully saturated rings. The summed E-state index contributed by atoms with van der Waals surface area (Å²) in [5, 5.41) is 1.69. The van der Waals surface area contributed by atoms with Crippen LogP contribution >= 0.6 is 0 Å².